The molecule has 0 aliphatic carbocycles. The van der Waals surface area contributed by atoms with Crippen LogP contribution in [0.4, 0.5) is 0 Å². The molecular weight excluding hydrogens is 224 g/mol. The molecule has 0 spiro atoms. The molecule has 0 amide bonds. The minimum Gasteiger partial charge on any atom is -0.506 e. The third-order valence-corrected chi connectivity index (χ3v) is 2.36. The normalized spacial score (nSPS) is 10.4. The molecule has 0 aliphatic rings. The summed E-state index contributed by atoms with van der Waals surface area (Å²) in [7, 11) is 0. The number of hydrogen-bond donors (Lipinski definition) is 2. The summed E-state index contributed by atoms with van der Waals surface area (Å²) in [4.78, 5) is 27.8. The molecule has 0 atom stereocenters. The molecule has 6 nitrogen and oxygen atoms in total. The fraction of sp³-hybridized carbons (Fsp3) is 0.182. The van der Waals surface area contributed by atoms with Crippen molar-refractivity contribution in [2.24, 2.45) is 0 Å². The molecule has 1 aromatic heterocycles. The third kappa shape index (κ3) is 2.25. The van der Waals surface area contributed by atoms with E-state index in [2.05, 4.69) is 14.7 Å². The molecule has 88 valence electrons. The van der Waals surface area contributed by atoms with Crippen molar-refractivity contribution >= 4 is 17.4 Å². The summed E-state index contributed by atoms with van der Waals surface area (Å²) in [6.07, 6.45) is 1.66. The first kappa shape index (κ1) is 11.1. The Morgan fingerprint density at radius 3 is 3.06 bits per heavy atom. The number of carbonyl (C=O) groups is 1. The lowest BCUT2D eigenvalue weighted by atomic mass is 10.1. The Morgan fingerprint density at radius 2 is 2.29 bits per heavy atom. The van der Waals surface area contributed by atoms with E-state index in [1.807, 2.05) is 0 Å². The summed E-state index contributed by atoms with van der Waals surface area (Å²) in [6.45, 7) is 0.557. The molecule has 0 saturated carbocycles. The topological polar surface area (TPSA) is 92.3 Å². The van der Waals surface area contributed by atoms with Gasteiger partial charge in [-0.25, -0.2) is 4.98 Å². The molecule has 0 aliphatic heterocycles. The maximum absolute atomic E-state index is 11.5. The molecule has 2 N–H and O–H groups in total. The molecule has 6 heteroatoms. The Kier molecular flexibility index (Phi) is 3.04. The maximum Gasteiger partial charge on any atom is 0.293 e. The molecular formula is C11H10N2O4. The maximum atomic E-state index is 11.5. The van der Waals surface area contributed by atoms with Crippen LogP contribution in [-0.2, 0) is 16.0 Å². The Bertz CT molecular complexity index is 606. The van der Waals surface area contributed by atoms with Crippen molar-refractivity contribution in [3.05, 3.63) is 34.4 Å². The highest BCUT2D eigenvalue weighted by Gasteiger charge is 2.07. The summed E-state index contributed by atoms with van der Waals surface area (Å²) < 4.78 is 4.56. The predicted octanol–water partition coefficient (Wildman–Crippen LogP) is 0.344. The smallest absolute Gasteiger partial charge is 0.293 e. The molecule has 1 aromatic carbocycles. The largest absolute Gasteiger partial charge is 0.506 e. The molecule has 0 unspecified atom stereocenters. The van der Waals surface area contributed by atoms with Gasteiger partial charge in [-0.2, -0.15) is 0 Å². The summed E-state index contributed by atoms with van der Waals surface area (Å²) in [5, 5.41) is 10.0. The summed E-state index contributed by atoms with van der Waals surface area (Å²) in [5.41, 5.74) is 0.646. The molecule has 2 aromatic rings. The average Bonchev–Trinajstić information content (AvgIpc) is 2.31. The SMILES string of the molecule is O=COCCc1cc(O)c2nc[nH]c(=O)c2c1. The number of phenols is 1. The van der Waals surface area contributed by atoms with Crippen LogP contribution in [0.15, 0.2) is 23.3 Å². The zero-order valence-electron chi connectivity index (χ0n) is 8.84. The Balaban J connectivity index is 2.43. The highest BCUT2D eigenvalue weighted by atomic mass is 16.5. The minimum atomic E-state index is -0.316. The number of ether oxygens (including phenoxy) is 1. The second-order valence-corrected chi connectivity index (χ2v) is 3.46. The van der Waals surface area contributed by atoms with Gasteiger partial charge >= 0.3 is 0 Å². The van der Waals surface area contributed by atoms with E-state index in [1.165, 1.54) is 12.4 Å². The second-order valence-electron chi connectivity index (χ2n) is 3.46. The van der Waals surface area contributed by atoms with Gasteiger partial charge in [-0.05, 0) is 17.7 Å². The molecule has 2 rings (SSSR count). The zero-order chi connectivity index (χ0) is 12.3. The van der Waals surface area contributed by atoms with Crippen molar-refractivity contribution in [1.82, 2.24) is 9.97 Å². The number of nitrogens with zero attached hydrogens (tertiary/aromatic N) is 1. The van der Waals surface area contributed by atoms with Crippen molar-refractivity contribution in [3.63, 3.8) is 0 Å². The molecule has 0 saturated heterocycles. The van der Waals surface area contributed by atoms with Crippen molar-refractivity contribution in [2.45, 2.75) is 6.42 Å². The predicted molar refractivity (Wildman–Crippen MR) is 59.7 cm³/mol. The van der Waals surface area contributed by atoms with Gasteiger partial charge in [-0.3, -0.25) is 9.59 Å². The number of aromatic amines is 1. The van der Waals surface area contributed by atoms with Gasteiger partial charge in [0.05, 0.1) is 18.3 Å². The van der Waals surface area contributed by atoms with E-state index in [0.29, 0.717) is 23.8 Å². The Hall–Kier alpha value is -2.37. The number of fused-ring (bicyclic) bond motifs is 1. The summed E-state index contributed by atoms with van der Waals surface area (Å²) in [5.74, 6) is -0.0605. The Morgan fingerprint density at radius 1 is 1.47 bits per heavy atom. The van der Waals surface area contributed by atoms with E-state index in [9.17, 15) is 14.7 Å². The monoisotopic (exact) mass is 234 g/mol. The second kappa shape index (κ2) is 4.65. The summed E-state index contributed by atoms with van der Waals surface area (Å²) >= 11 is 0. The van der Waals surface area contributed by atoms with Crippen LogP contribution in [0.5, 0.6) is 5.75 Å². The van der Waals surface area contributed by atoms with Gasteiger partial charge in [0.2, 0.25) is 0 Å². The number of carbonyl (C=O) groups excluding carboxylic acids is 1. The van der Waals surface area contributed by atoms with Crippen LogP contribution in [0, 0.1) is 0 Å². The number of benzene rings is 1. The molecule has 17 heavy (non-hydrogen) atoms. The number of aromatic nitrogens is 2. The van der Waals surface area contributed by atoms with Crippen LogP contribution in [0.1, 0.15) is 5.56 Å². The van der Waals surface area contributed by atoms with Gasteiger partial charge in [0.15, 0.2) is 0 Å². The number of aromatic hydroxyl groups is 1. The molecule has 0 bridgehead atoms. The van der Waals surface area contributed by atoms with Crippen molar-refractivity contribution < 1.29 is 14.6 Å². The van der Waals surface area contributed by atoms with Crippen LogP contribution >= 0.6 is 0 Å². The molecule has 0 fully saturated rings. The zero-order valence-corrected chi connectivity index (χ0v) is 8.84. The molecule has 1 heterocycles. The highest BCUT2D eigenvalue weighted by Crippen LogP contribution is 2.22. The van der Waals surface area contributed by atoms with Gasteiger partial charge in [0.1, 0.15) is 11.3 Å². The standard InChI is InChI=1S/C11H10N2O4/c14-6-17-2-1-7-3-8-10(9(15)4-7)12-5-13-11(8)16/h3-6,15H,1-2H2,(H,12,13,16). The van der Waals surface area contributed by atoms with Crippen LogP contribution in [0.3, 0.4) is 0 Å². The lowest BCUT2D eigenvalue weighted by Gasteiger charge is -2.04. The lowest BCUT2D eigenvalue weighted by molar-refractivity contribution is -0.128. The average molecular weight is 234 g/mol. The van der Waals surface area contributed by atoms with Crippen LogP contribution in [0.25, 0.3) is 10.9 Å². The Labute approximate surface area is 95.9 Å². The van der Waals surface area contributed by atoms with E-state index in [1.54, 1.807) is 6.07 Å². The van der Waals surface area contributed by atoms with Gasteiger partial charge in [-0.1, -0.05) is 0 Å². The number of H-pyrrole nitrogens is 1. The van der Waals surface area contributed by atoms with Crippen molar-refractivity contribution in [3.8, 4) is 5.75 Å². The summed E-state index contributed by atoms with van der Waals surface area (Å²) in [6, 6.07) is 3.12. The quantitative estimate of drug-likeness (QED) is 0.588. The van der Waals surface area contributed by atoms with E-state index in [-0.39, 0.29) is 23.4 Å². The van der Waals surface area contributed by atoms with Crippen LogP contribution in [-0.4, -0.2) is 28.2 Å². The van der Waals surface area contributed by atoms with Crippen LogP contribution < -0.4 is 5.56 Å². The van der Waals surface area contributed by atoms with Gasteiger partial charge in [0, 0.05) is 6.42 Å². The molecule has 0 radical (unpaired) electrons. The van der Waals surface area contributed by atoms with Crippen molar-refractivity contribution in [1.29, 1.82) is 0 Å². The van der Waals surface area contributed by atoms with E-state index >= 15 is 0 Å². The van der Waals surface area contributed by atoms with E-state index in [0.717, 1.165) is 0 Å². The first-order valence-corrected chi connectivity index (χ1v) is 4.97. The number of hydrogen-bond acceptors (Lipinski definition) is 5. The minimum absolute atomic E-state index is 0.0605. The highest BCUT2D eigenvalue weighted by molar-refractivity contribution is 5.83. The first-order chi connectivity index (χ1) is 8.22. The van der Waals surface area contributed by atoms with E-state index in [4.69, 9.17) is 0 Å². The van der Waals surface area contributed by atoms with Crippen LogP contribution in [0.2, 0.25) is 0 Å². The van der Waals surface area contributed by atoms with E-state index < -0.39 is 0 Å². The fourth-order valence-corrected chi connectivity index (χ4v) is 1.59. The van der Waals surface area contributed by atoms with Gasteiger partial charge in [-0.15, -0.1) is 0 Å². The number of rotatable bonds is 4. The lowest BCUT2D eigenvalue weighted by Crippen LogP contribution is -2.07. The number of nitrogens with one attached hydrogen (secondary N) is 1. The van der Waals surface area contributed by atoms with Gasteiger partial charge < -0.3 is 14.8 Å². The third-order valence-electron chi connectivity index (χ3n) is 2.36. The van der Waals surface area contributed by atoms with Gasteiger partial charge in [0.25, 0.3) is 12.0 Å². The first-order valence-electron chi connectivity index (χ1n) is 4.97. The van der Waals surface area contributed by atoms with Crippen molar-refractivity contribution in [2.75, 3.05) is 6.61 Å². The fourth-order valence-electron chi connectivity index (χ4n) is 1.59. The number of phenolic OH excluding ortho intramolecular Hbond substituents is 1.